The van der Waals surface area contributed by atoms with Gasteiger partial charge in [0.2, 0.25) is 0 Å². The second kappa shape index (κ2) is 4.67. The van der Waals surface area contributed by atoms with Crippen molar-refractivity contribution in [1.82, 2.24) is 0 Å². The largest absolute Gasteiger partial charge is 0.355 e. The van der Waals surface area contributed by atoms with Crippen LogP contribution in [-0.2, 0) is 0 Å². The number of hydrogen-bond donors (Lipinski definition) is 1. The molecule has 0 atom stereocenters. The van der Waals surface area contributed by atoms with Gasteiger partial charge in [-0.25, -0.2) is 4.39 Å². The first kappa shape index (κ1) is 11.2. The molecule has 0 aliphatic rings. The summed E-state index contributed by atoms with van der Waals surface area (Å²) in [5.74, 6) is -0.417. The molecule has 3 heteroatoms. The molecule has 2 rings (SSSR count). The summed E-state index contributed by atoms with van der Waals surface area (Å²) >= 11 is 0. The summed E-state index contributed by atoms with van der Waals surface area (Å²) in [7, 11) is 0. The molecule has 0 amide bonds. The number of nitrogens with one attached hydrogen (secondary N) is 1. The second-order valence-electron chi connectivity index (χ2n) is 3.78. The van der Waals surface area contributed by atoms with Crippen molar-refractivity contribution in [2.75, 3.05) is 5.32 Å². The molecule has 0 saturated heterocycles. The topological polar surface area (TPSA) is 35.8 Å². The molecular weight excluding hydrogens is 215 g/mol. The van der Waals surface area contributed by atoms with Crippen LogP contribution in [0.1, 0.15) is 11.1 Å². The van der Waals surface area contributed by atoms with E-state index in [-0.39, 0.29) is 0 Å². The van der Waals surface area contributed by atoms with Gasteiger partial charge in [-0.1, -0.05) is 18.2 Å². The molecule has 2 nitrogen and oxygen atoms in total. The van der Waals surface area contributed by atoms with Crippen molar-refractivity contribution in [3.8, 4) is 6.07 Å². The van der Waals surface area contributed by atoms with Crippen molar-refractivity contribution in [3.63, 3.8) is 0 Å². The van der Waals surface area contributed by atoms with Crippen molar-refractivity contribution in [2.24, 2.45) is 0 Å². The lowest BCUT2D eigenvalue weighted by Gasteiger charge is -2.09. The van der Waals surface area contributed by atoms with Gasteiger partial charge in [0, 0.05) is 11.4 Å². The molecule has 0 aromatic heterocycles. The van der Waals surface area contributed by atoms with Crippen molar-refractivity contribution < 1.29 is 4.39 Å². The molecule has 2 aromatic rings. The zero-order chi connectivity index (χ0) is 12.3. The quantitative estimate of drug-likeness (QED) is 0.846. The third kappa shape index (κ3) is 2.61. The lowest BCUT2D eigenvalue weighted by molar-refractivity contribution is 0.628. The zero-order valence-corrected chi connectivity index (χ0v) is 9.37. The van der Waals surface area contributed by atoms with Gasteiger partial charge in [-0.3, -0.25) is 0 Å². The zero-order valence-electron chi connectivity index (χ0n) is 9.37. The predicted molar refractivity (Wildman–Crippen MR) is 65.6 cm³/mol. The summed E-state index contributed by atoms with van der Waals surface area (Å²) in [5.41, 5.74) is 2.86. The van der Waals surface area contributed by atoms with Crippen LogP contribution in [0.4, 0.5) is 15.8 Å². The maximum atomic E-state index is 13.2. The number of benzene rings is 2. The summed E-state index contributed by atoms with van der Waals surface area (Å²) in [6.07, 6.45) is 0. The molecular formula is C14H11FN2. The van der Waals surface area contributed by atoms with Crippen LogP contribution in [0.3, 0.4) is 0 Å². The van der Waals surface area contributed by atoms with E-state index >= 15 is 0 Å². The summed E-state index contributed by atoms with van der Waals surface area (Å²) in [6, 6.07) is 13.8. The van der Waals surface area contributed by atoms with E-state index in [0.717, 1.165) is 11.3 Å². The fourth-order valence-corrected chi connectivity index (χ4v) is 1.60. The van der Waals surface area contributed by atoms with Crippen molar-refractivity contribution in [1.29, 1.82) is 5.26 Å². The molecule has 84 valence electrons. The lowest BCUT2D eigenvalue weighted by atomic mass is 10.1. The van der Waals surface area contributed by atoms with E-state index in [9.17, 15) is 4.39 Å². The minimum Gasteiger partial charge on any atom is -0.355 e. The fourth-order valence-electron chi connectivity index (χ4n) is 1.60. The number of aryl methyl sites for hydroxylation is 1. The van der Waals surface area contributed by atoms with E-state index in [4.69, 9.17) is 5.26 Å². The van der Waals surface area contributed by atoms with Crippen LogP contribution in [0.5, 0.6) is 0 Å². The highest BCUT2D eigenvalue weighted by atomic mass is 19.1. The minimum absolute atomic E-state index is 0.307. The van der Waals surface area contributed by atoms with E-state index in [1.807, 2.05) is 37.3 Å². The Balaban J connectivity index is 2.34. The molecule has 17 heavy (non-hydrogen) atoms. The molecule has 0 unspecified atom stereocenters. The van der Waals surface area contributed by atoms with Gasteiger partial charge in [-0.2, -0.15) is 5.26 Å². The first-order valence-corrected chi connectivity index (χ1v) is 5.22. The smallest absolute Gasteiger partial charge is 0.126 e. The lowest BCUT2D eigenvalue weighted by Crippen LogP contribution is -1.94. The predicted octanol–water partition coefficient (Wildman–Crippen LogP) is 3.75. The molecule has 2 aromatic carbocycles. The molecule has 0 aliphatic heterocycles. The molecule has 0 saturated carbocycles. The Hall–Kier alpha value is -2.34. The Morgan fingerprint density at radius 2 is 1.94 bits per heavy atom. The summed E-state index contributed by atoms with van der Waals surface area (Å²) in [5, 5.41) is 11.9. The van der Waals surface area contributed by atoms with Crippen LogP contribution < -0.4 is 5.32 Å². The third-order valence-electron chi connectivity index (χ3n) is 2.45. The van der Waals surface area contributed by atoms with Gasteiger partial charge >= 0.3 is 0 Å². The Labute approximate surface area is 99.3 Å². The van der Waals surface area contributed by atoms with Crippen LogP contribution in [0, 0.1) is 24.1 Å². The Kier molecular flexibility index (Phi) is 3.06. The van der Waals surface area contributed by atoms with Crippen LogP contribution >= 0.6 is 0 Å². The fraction of sp³-hybridized carbons (Fsp3) is 0.0714. The Bertz CT molecular complexity index is 585. The minimum atomic E-state index is -0.417. The number of para-hydroxylation sites is 1. The maximum Gasteiger partial charge on any atom is 0.126 e. The van der Waals surface area contributed by atoms with Gasteiger partial charge in [0.25, 0.3) is 0 Å². The van der Waals surface area contributed by atoms with Gasteiger partial charge in [-0.15, -0.1) is 0 Å². The van der Waals surface area contributed by atoms with Gasteiger partial charge in [0.05, 0.1) is 11.6 Å². The van der Waals surface area contributed by atoms with Gasteiger partial charge in [0.1, 0.15) is 5.82 Å². The van der Waals surface area contributed by atoms with Crippen molar-refractivity contribution >= 4 is 11.4 Å². The van der Waals surface area contributed by atoms with Crippen LogP contribution in [0.15, 0.2) is 42.5 Å². The first-order valence-electron chi connectivity index (χ1n) is 5.22. The van der Waals surface area contributed by atoms with Crippen molar-refractivity contribution in [3.05, 3.63) is 59.4 Å². The van der Waals surface area contributed by atoms with Gasteiger partial charge in [-0.05, 0) is 36.8 Å². The number of rotatable bonds is 2. The van der Waals surface area contributed by atoms with E-state index in [0.29, 0.717) is 11.3 Å². The molecule has 1 N–H and O–H groups in total. The van der Waals surface area contributed by atoms with Crippen LogP contribution in [0.25, 0.3) is 0 Å². The summed E-state index contributed by atoms with van der Waals surface area (Å²) in [4.78, 5) is 0. The molecule has 0 aliphatic carbocycles. The van der Waals surface area contributed by atoms with E-state index in [1.165, 1.54) is 12.1 Å². The van der Waals surface area contributed by atoms with Crippen molar-refractivity contribution in [2.45, 2.75) is 6.92 Å². The standard InChI is InChI=1S/C14H11FN2/c1-10-4-2-3-5-14(10)17-13-7-11(9-16)6-12(15)8-13/h2-8,17H,1H3. The summed E-state index contributed by atoms with van der Waals surface area (Å²) < 4.78 is 13.2. The molecule has 0 fully saturated rings. The number of anilines is 2. The van der Waals surface area contributed by atoms with E-state index in [2.05, 4.69) is 5.32 Å². The average Bonchev–Trinajstić information content (AvgIpc) is 2.31. The van der Waals surface area contributed by atoms with Gasteiger partial charge < -0.3 is 5.32 Å². The van der Waals surface area contributed by atoms with E-state index in [1.54, 1.807) is 6.07 Å². The molecule has 0 spiro atoms. The van der Waals surface area contributed by atoms with Gasteiger partial charge in [0.15, 0.2) is 0 Å². The van der Waals surface area contributed by atoms with Crippen LogP contribution in [0.2, 0.25) is 0 Å². The normalized spacial score (nSPS) is 9.71. The molecule has 0 heterocycles. The highest BCUT2D eigenvalue weighted by Gasteiger charge is 2.02. The monoisotopic (exact) mass is 226 g/mol. The maximum absolute atomic E-state index is 13.2. The number of nitriles is 1. The number of halogens is 1. The number of nitrogens with zero attached hydrogens (tertiary/aromatic N) is 1. The average molecular weight is 226 g/mol. The second-order valence-corrected chi connectivity index (χ2v) is 3.78. The molecule has 0 radical (unpaired) electrons. The van der Waals surface area contributed by atoms with Crippen LogP contribution in [-0.4, -0.2) is 0 Å². The SMILES string of the molecule is Cc1ccccc1Nc1cc(F)cc(C#N)c1. The Morgan fingerprint density at radius 1 is 1.18 bits per heavy atom. The highest BCUT2D eigenvalue weighted by molar-refractivity contribution is 5.64. The highest BCUT2D eigenvalue weighted by Crippen LogP contribution is 2.21. The Morgan fingerprint density at radius 3 is 2.65 bits per heavy atom. The summed E-state index contributed by atoms with van der Waals surface area (Å²) in [6.45, 7) is 1.97. The number of hydrogen-bond acceptors (Lipinski definition) is 2. The molecule has 0 bridgehead atoms. The van der Waals surface area contributed by atoms with E-state index < -0.39 is 5.82 Å². The third-order valence-corrected chi connectivity index (χ3v) is 2.45. The first-order chi connectivity index (χ1) is 8.19.